The van der Waals surface area contributed by atoms with Crippen molar-refractivity contribution in [1.29, 1.82) is 0 Å². The second-order valence-electron chi connectivity index (χ2n) is 3.67. The van der Waals surface area contributed by atoms with Crippen LogP contribution >= 0.6 is 0 Å². The average Bonchev–Trinajstić information content (AvgIpc) is 2.27. The van der Waals surface area contributed by atoms with Crippen LogP contribution in [0.1, 0.15) is 17.3 Å². The van der Waals surface area contributed by atoms with E-state index in [2.05, 4.69) is 0 Å². The number of fused-ring (bicyclic) bond motifs is 1. The van der Waals surface area contributed by atoms with E-state index in [-0.39, 0.29) is 17.1 Å². The van der Waals surface area contributed by atoms with Crippen LogP contribution in [0.4, 0.5) is 0 Å². The summed E-state index contributed by atoms with van der Waals surface area (Å²) in [5.41, 5.74) is 5.65. The van der Waals surface area contributed by atoms with E-state index in [0.717, 1.165) is 0 Å². The lowest BCUT2D eigenvalue weighted by molar-refractivity contribution is 0.0964. The fraction of sp³-hybridized carbons (Fsp3) is 0.364. The summed E-state index contributed by atoms with van der Waals surface area (Å²) >= 11 is 0. The average molecular weight is 223 g/mol. The van der Waals surface area contributed by atoms with E-state index in [1.165, 1.54) is 12.1 Å². The van der Waals surface area contributed by atoms with Gasteiger partial charge in [0.25, 0.3) is 0 Å². The van der Waals surface area contributed by atoms with Crippen LogP contribution in [0.3, 0.4) is 0 Å². The molecule has 5 heteroatoms. The van der Waals surface area contributed by atoms with Gasteiger partial charge in [-0.3, -0.25) is 4.79 Å². The van der Waals surface area contributed by atoms with Gasteiger partial charge < -0.3 is 20.3 Å². The third-order valence-corrected chi connectivity index (χ3v) is 2.34. The molecule has 16 heavy (non-hydrogen) atoms. The molecule has 1 heterocycles. The van der Waals surface area contributed by atoms with Crippen molar-refractivity contribution in [3.63, 3.8) is 0 Å². The van der Waals surface area contributed by atoms with Crippen molar-refractivity contribution in [2.45, 2.75) is 13.0 Å². The van der Waals surface area contributed by atoms with Gasteiger partial charge in [0.2, 0.25) is 0 Å². The summed E-state index contributed by atoms with van der Waals surface area (Å²) in [5.74, 6) is 0.457. The number of phenols is 1. The predicted octanol–water partition coefficient (Wildman–Crippen LogP) is 0.693. The highest BCUT2D eigenvalue weighted by atomic mass is 16.6. The molecule has 0 bridgehead atoms. The second kappa shape index (κ2) is 4.02. The number of nitrogens with two attached hydrogens (primary N) is 1. The summed E-state index contributed by atoms with van der Waals surface area (Å²) in [7, 11) is 0. The Kier molecular flexibility index (Phi) is 2.70. The lowest BCUT2D eigenvalue weighted by Crippen LogP contribution is -2.27. The van der Waals surface area contributed by atoms with Crippen LogP contribution in [0.5, 0.6) is 17.2 Å². The van der Waals surface area contributed by atoms with Gasteiger partial charge >= 0.3 is 0 Å². The Morgan fingerprint density at radius 2 is 1.94 bits per heavy atom. The Bertz CT molecular complexity index is 428. The number of carbonyl (C=O) groups excluding carboxylic acids is 1. The van der Waals surface area contributed by atoms with Crippen LogP contribution in [0.25, 0.3) is 0 Å². The van der Waals surface area contributed by atoms with Crippen molar-refractivity contribution < 1.29 is 19.4 Å². The minimum Gasteiger partial charge on any atom is -0.507 e. The number of rotatable bonds is 2. The minimum absolute atomic E-state index is 0.133. The normalized spacial score (nSPS) is 15.6. The molecule has 0 aliphatic carbocycles. The zero-order chi connectivity index (χ0) is 11.7. The molecule has 0 radical (unpaired) electrons. The number of Topliss-reactive ketones (excluding diaryl/α,β-unsaturated/α-hetero) is 1. The molecule has 1 aliphatic heterocycles. The van der Waals surface area contributed by atoms with Crippen molar-refractivity contribution in [3.05, 3.63) is 17.7 Å². The largest absolute Gasteiger partial charge is 0.507 e. The van der Waals surface area contributed by atoms with Crippen LogP contribution in [0, 0.1) is 0 Å². The van der Waals surface area contributed by atoms with Crippen LogP contribution in [-0.4, -0.2) is 30.1 Å². The van der Waals surface area contributed by atoms with Crippen molar-refractivity contribution in [1.82, 2.24) is 0 Å². The molecular formula is C11H13NO4. The van der Waals surface area contributed by atoms with E-state index in [1.54, 1.807) is 6.92 Å². The van der Waals surface area contributed by atoms with Gasteiger partial charge in [-0.1, -0.05) is 0 Å². The monoisotopic (exact) mass is 223 g/mol. The van der Waals surface area contributed by atoms with Crippen LogP contribution in [0.2, 0.25) is 0 Å². The van der Waals surface area contributed by atoms with Gasteiger partial charge in [-0.15, -0.1) is 0 Å². The van der Waals surface area contributed by atoms with E-state index in [4.69, 9.17) is 15.2 Å². The first-order valence-electron chi connectivity index (χ1n) is 5.02. The fourth-order valence-electron chi connectivity index (χ4n) is 1.52. The Morgan fingerprint density at radius 3 is 2.50 bits per heavy atom. The van der Waals surface area contributed by atoms with Crippen molar-refractivity contribution in [2.24, 2.45) is 5.73 Å². The number of ketones is 1. The summed E-state index contributed by atoms with van der Waals surface area (Å²) in [6, 6.07) is 2.19. The highest BCUT2D eigenvalue weighted by molar-refractivity contribution is 6.02. The molecule has 1 aromatic carbocycles. The Balaban J connectivity index is 2.43. The van der Waals surface area contributed by atoms with Gasteiger partial charge in [-0.25, -0.2) is 0 Å². The van der Waals surface area contributed by atoms with E-state index in [9.17, 15) is 9.90 Å². The first-order valence-corrected chi connectivity index (χ1v) is 5.02. The molecule has 0 saturated carbocycles. The predicted molar refractivity (Wildman–Crippen MR) is 57.1 cm³/mol. The Morgan fingerprint density at radius 1 is 1.38 bits per heavy atom. The number of phenolic OH excluding ortho intramolecular Hbond substituents is 1. The molecule has 1 aromatic rings. The molecule has 1 unspecified atom stereocenters. The molecule has 0 fully saturated rings. The lowest BCUT2D eigenvalue weighted by Gasteiger charge is -2.19. The molecule has 2 rings (SSSR count). The second-order valence-corrected chi connectivity index (χ2v) is 3.67. The quantitative estimate of drug-likeness (QED) is 0.721. The summed E-state index contributed by atoms with van der Waals surface area (Å²) in [4.78, 5) is 11.7. The molecule has 1 aliphatic rings. The summed E-state index contributed by atoms with van der Waals surface area (Å²) < 4.78 is 10.6. The molecule has 0 aromatic heterocycles. The van der Waals surface area contributed by atoms with E-state index in [1.807, 2.05) is 0 Å². The third kappa shape index (κ3) is 1.81. The summed E-state index contributed by atoms with van der Waals surface area (Å²) in [6.07, 6.45) is 0. The molecule has 0 saturated heterocycles. The molecular weight excluding hydrogens is 210 g/mol. The molecule has 3 N–H and O–H groups in total. The van der Waals surface area contributed by atoms with Gasteiger partial charge in [0.15, 0.2) is 17.3 Å². The highest BCUT2D eigenvalue weighted by Gasteiger charge is 2.21. The first kappa shape index (κ1) is 10.8. The topological polar surface area (TPSA) is 81.8 Å². The molecule has 86 valence electrons. The third-order valence-electron chi connectivity index (χ3n) is 2.34. The number of hydrogen-bond donors (Lipinski definition) is 2. The van der Waals surface area contributed by atoms with Crippen LogP contribution in [0.15, 0.2) is 12.1 Å². The van der Waals surface area contributed by atoms with E-state index < -0.39 is 6.04 Å². The van der Waals surface area contributed by atoms with E-state index >= 15 is 0 Å². The smallest absolute Gasteiger partial charge is 0.183 e. The Hall–Kier alpha value is -1.75. The van der Waals surface area contributed by atoms with Gasteiger partial charge in [0.1, 0.15) is 19.0 Å². The Labute approximate surface area is 92.8 Å². The number of aromatic hydroxyl groups is 1. The van der Waals surface area contributed by atoms with Gasteiger partial charge in [-0.2, -0.15) is 0 Å². The zero-order valence-corrected chi connectivity index (χ0v) is 8.90. The molecule has 1 atom stereocenters. The maximum Gasteiger partial charge on any atom is 0.183 e. The maximum atomic E-state index is 11.7. The summed E-state index contributed by atoms with van der Waals surface area (Å²) in [6.45, 7) is 2.44. The highest BCUT2D eigenvalue weighted by Crippen LogP contribution is 2.36. The number of carbonyl (C=O) groups is 1. The van der Waals surface area contributed by atoms with Gasteiger partial charge in [0, 0.05) is 6.07 Å². The number of ether oxygens (including phenoxy) is 2. The van der Waals surface area contributed by atoms with E-state index in [0.29, 0.717) is 24.7 Å². The number of hydrogen-bond acceptors (Lipinski definition) is 5. The van der Waals surface area contributed by atoms with Crippen molar-refractivity contribution >= 4 is 5.78 Å². The van der Waals surface area contributed by atoms with Crippen LogP contribution in [-0.2, 0) is 0 Å². The molecule has 0 amide bonds. The SMILES string of the molecule is CC(N)C(=O)c1cc2c(cc1O)OCCO2. The maximum absolute atomic E-state index is 11.7. The summed E-state index contributed by atoms with van der Waals surface area (Å²) in [5, 5.41) is 9.67. The molecule has 0 spiro atoms. The molecule has 5 nitrogen and oxygen atoms in total. The standard InChI is InChI=1S/C11H13NO4/c1-6(12)11(14)7-4-9-10(5-8(7)13)16-3-2-15-9/h4-6,13H,2-3,12H2,1H3. The first-order chi connectivity index (χ1) is 7.59. The lowest BCUT2D eigenvalue weighted by atomic mass is 10.0. The van der Waals surface area contributed by atoms with Gasteiger partial charge in [-0.05, 0) is 13.0 Å². The zero-order valence-electron chi connectivity index (χ0n) is 8.90. The number of benzene rings is 1. The van der Waals surface area contributed by atoms with Crippen molar-refractivity contribution in [2.75, 3.05) is 13.2 Å². The van der Waals surface area contributed by atoms with Crippen LogP contribution < -0.4 is 15.2 Å². The minimum atomic E-state index is -0.659. The fourth-order valence-corrected chi connectivity index (χ4v) is 1.52. The van der Waals surface area contributed by atoms with Crippen molar-refractivity contribution in [3.8, 4) is 17.2 Å². The van der Waals surface area contributed by atoms with Gasteiger partial charge in [0.05, 0.1) is 11.6 Å².